The van der Waals surface area contributed by atoms with E-state index in [0.717, 1.165) is 18.6 Å². The van der Waals surface area contributed by atoms with Crippen LogP contribution in [0.15, 0.2) is 41.5 Å². The molecule has 0 spiro atoms. The van der Waals surface area contributed by atoms with Gasteiger partial charge in [0.1, 0.15) is 5.75 Å². The van der Waals surface area contributed by atoms with Gasteiger partial charge in [-0.25, -0.2) is 5.43 Å². The highest BCUT2D eigenvalue weighted by molar-refractivity contribution is 5.99. The third-order valence-electron chi connectivity index (χ3n) is 3.61. The summed E-state index contributed by atoms with van der Waals surface area (Å²) in [6, 6.07) is 6.45. The zero-order valence-electron chi connectivity index (χ0n) is 9.84. The highest BCUT2D eigenvalue weighted by Gasteiger charge is 2.38. The van der Waals surface area contributed by atoms with Gasteiger partial charge in [-0.2, -0.15) is 5.10 Å². The summed E-state index contributed by atoms with van der Waals surface area (Å²) in [5.41, 5.74) is 3.82. The summed E-state index contributed by atoms with van der Waals surface area (Å²) < 4.78 is 0. The van der Waals surface area contributed by atoms with Gasteiger partial charge in [0.05, 0.1) is 5.56 Å². The van der Waals surface area contributed by atoms with Crippen molar-refractivity contribution in [1.82, 2.24) is 5.43 Å². The molecule has 18 heavy (non-hydrogen) atoms. The fourth-order valence-corrected chi connectivity index (χ4v) is 2.51. The molecule has 2 aliphatic rings. The third kappa shape index (κ3) is 1.79. The van der Waals surface area contributed by atoms with Crippen molar-refractivity contribution in [3.63, 3.8) is 0 Å². The largest absolute Gasteiger partial charge is 0.507 e. The van der Waals surface area contributed by atoms with Crippen LogP contribution in [0, 0.1) is 11.8 Å². The lowest BCUT2D eigenvalue weighted by Crippen LogP contribution is -2.35. The van der Waals surface area contributed by atoms with Gasteiger partial charge in [0, 0.05) is 11.6 Å². The molecule has 2 aliphatic carbocycles. The number of phenols is 1. The molecule has 0 saturated heterocycles. The number of amides is 1. The van der Waals surface area contributed by atoms with Crippen molar-refractivity contribution in [3.8, 4) is 5.75 Å². The van der Waals surface area contributed by atoms with E-state index < -0.39 is 0 Å². The first kappa shape index (κ1) is 11.0. The summed E-state index contributed by atoms with van der Waals surface area (Å²) in [6.45, 7) is 0. The first-order valence-corrected chi connectivity index (χ1v) is 6.07. The van der Waals surface area contributed by atoms with Crippen LogP contribution in [0.3, 0.4) is 0 Å². The lowest BCUT2D eigenvalue weighted by atomic mass is 9.74. The van der Waals surface area contributed by atoms with Gasteiger partial charge in [-0.1, -0.05) is 24.3 Å². The topological polar surface area (TPSA) is 61.7 Å². The number of carbonyl (C=O) groups is 1. The maximum atomic E-state index is 11.8. The number of benzene rings is 1. The molecular formula is C14H14N2O2. The van der Waals surface area contributed by atoms with Gasteiger partial charge in [0.25, 0.3) is 5.91 Å². The second-order valence-electron chi connectivity index (χ2n) is 4.70. The molecule has 0 heterocycles. The van der Waals surface area contributed by atoms with Crippen molar-refractivity contribution in [2.75, 3.05) is 0 Å². The molecule has 1 saturated carbocycles. The zero-order valence-corrected chi connectivity index (χ0v) is 9.84. The summed E-state index contributed by atoms with van der Waals surface area (Å²) >= 11 is 0. The van der Waals surface area contributed by atoms with Crippen LogP contribution in [0.2, 0.25) is 0 Å². The van der Waals surface area contributed by atoms with Crippen molar-refractivity contribution in [3.05, 3.63) is 42.0 Å². The van der Waals surface area contributed by atoms with E-state index in [2.05, 4.69) is 22.7 Å². The number of rotatable bonds is 2. The third-order valence-corrected chi connectivity index (χ3v) is 3.61. The molecule has 1 fully saturated rings. The van der Waals surface area contributed by atoms with Crippen molar-refractivity contribution in [2.24, 2.45) is 16.9 Å². The van der Waals surface area contributed by atoms with E-state index in [0.29, 0.717) is 11.8 Å². The smallest absolute Gasteiger partial charge is 0.275 e. The Balaban J connectivity index is 1.66. The highest BCUT2D eigenvalue weighted by atomic mass is 16.3. The molecular weight excluding hydrogens is 228 g/mol. The molecule has 3 rings (SSSR count). The van der Waals surface area contributed by atoms with Crippen LogP contribution in [0.1, 0.15) is 23.2 Å². The molecule has 4 nitrogen and oxygen atoms in total. The number of nitrogens with one attached hydrogen (secondary N) is 1. The van der Waals surface area contributed by atoms with E-state index in [1.807, 2.05) is 0 Å². The number of hydrogen-bond donors (Lipinski definition) is 2. The van der Waals surface area contributed by atoms with E-state index in [1.165, 1.54) is 6.07 Å². The molecule has 1 amide bonds. The minimum atomic E-state index is -0.366. The lowest BCUT2D eigenvalue weighted by molar-refractivity contribution is 0.0951. The van der Waals surface area contributed by atoms with Gasteiger partial charge in [-0.05, 0) is 30.9 Å². The predicted octanol–water partition coefficient (Wildman–Crippen LogP) is 2.07. The second kappa shape index (κ2) is 4.29. The minimum absolute atomic E-state index is 0.0239. The first-order valence-electron chi connectivity index (χ1n) is 6.07. The Kier molecular flexibility index (Phi) is 2.63. The molecule has 1 aromatic carbocycles. The molecule has 2 N–H and O–H groups in total. The van der Waals surface area contributed by atoms with Crippen LogP contribution < -0.4 is 5.43 Å². The average Bonchev–Trinajstić information content (AvgIpc) is 2.71. The molecule has 4 heteroatoms. The Morgan fingerprint density at radius 3 is 3.00 bits per heavy atom. The predicted molar refractivity (Wildman–Crippen MR) is 68.4 cm³/mol. The molecule has 1 aromatic rings. The number of para-hydroxylation sites is 1. The SMILES string of the molecule is O=C(N/N=C1/C[C@H]2C=CC[C@H]12)c1ccccc1O. The van der Waals surface area contributed by atoms with Crippen molar-refractivity contribution < 1.29 is 9.90 Å². The van der Waals surface area contributed by atoms with Gasteiger partial charge in [0.2, 0.25) is 0 Å². The number of hydrogen-bond acceptors (Lipinski definition) is 3. The Hall–Kier alpha value is -2.10. The molecule has 0 aromatic heterocycles. The Labute approximate surface area is 105 Å². The summed E-state index contributed by atoms with van der Waals surface area (Å²) in [5, 5.41) is 13.7. The maximum Gasteiger partial charge on any atom is 0.275 e. The van der Waals surface area contributed by atoms with E-state index in [-0.39, 0.29) is 17.2 Å². The zero-order chi connectivity index (χ0) is 12.5. The van der Waals surface area contributed by atoms with Crippen LogP contribution in [0.5, 0.6) is 5.75 Å². The number of phenolic OH excluding ortho intramolecular Hbond substituents is 1. The average molecular weight is 242 g/mol. The van der Waals surface area contributed by atoms with Crippen molar-refractivity contribution in [2.45, 2.75) is 12.8 Å². The fourth-order valence-electron chi connectivity index (χ4n) is 2.51. The Morgan fingerprint density at radius 1 is 1.39 bits per heavy atom. The second-order valence-corrected chi connectivity index (χ2v) is 4.70. The number of hydrazone groups is 1. The number of allylic oxidation sites excluding steroid dienone is 2. The van der Waals surface area contributed by atoms with Gasteiger partial charge >= 0.3 is 0 Å². The summed E-state index contributed by atoms with van der Waals surface area (Å²) in [5.74, 6) is 0.708. The molecule has 0 bridgehead atoms. The van der Waals surface area contributed by atoms with E-state index in [4.69, 9.17) is 0 Å². The van der Waals surface area contributed by atoms with E-state index in [1.54, 1.807) is 18.2 Å². The summed E-state index contributed by atoms with van der Waals surface area (Å²) in [4.78, 5) is 11.8. The van der Waals surface area contributed by atoms with Crippen LogP contribution >= 0.6 is 0 Å². The quantitative estimate of drug-likeness (QED) is 0.616. The number of aromatic hydroxyl groups is 1. The molecule has 0 radical (unpaired) electrons. The first-order chi connectivity index (χ1) is 8.75. The number of nitrogens with zero attached hydrogens (tertiary/aromatic N) is 1. The summed E-state index contributed by atoms with van der Waals surface area (Å²) in [7, 11) is 0. The number of carbonyl (C=O) groups excluding carboxylic acids is 1. The minimum Gasteiger partial charge on any atom is -0.507 e. The molecule has 92 valence electrons. The van der Waals surface area contributed by atoms with Gasteiger partial charge in [-0.15, -0.1) is 0 Å². The maximum absolute atomic E-state index is 11.8. The van der Waals surface area contributed by atoms with Crippen LogP contribution in [-0.2, 0) is 0 Å². The van der Waals surface area contributed by atoms with E-state index >= 15 is 0 Å². The highest BCUT2D eigenvalue weighted by Crippen LogP contribution is 2.40. The standard InChI is InChI=1S/C14H14N2O2/c17-13-7-2-1-5-11(13)14(18)16-15-12-8-9-4-3-6-10(9)12/h1-5,7,9-10,17H,6,8H2,(H,16,18)/b15-12-/t9-,10+/m1/s1. The molecule has 0 unspecified atom stereocenters. The van der Waals surface area contributed by atoms with Crippen molar-refractivity contribution in [1.29, 1.82) is 0 Å². The fraction of sp³-hybridized carbons (Fsp3) is 0.286. The summed E-state index contributed by atoms with van der Waals surface area (Å²) in [6.07, 6.45) is 6.34. The van der Waals surface area contributed by atoms with Crippen LogP contribution in [-0.4, -0.2) is 16.7 Å². The number of fused-ring (bicyclic) bond motifs is 1. The molecule has 2 atom stereocenters. The lowest BCUT2D eigenvalue weighted by Gasteiger charge is -2.31. The Bertz CT molecular complexity index is 548. The molecule has 0 aliphatic heterocycles. The van der Waals surface area contributed by atoms with Crippen LogP contribution in [0.25, 0.3) is 0 Å². The Morgan fingerprint density at radius 2 is 2.22 bits per heavy atom. The van der Waals surface area contributed by atoms with Gasteiger partial charge in [0.15, 0.2) is 0 Å². The van der Waals surface area contributed by atoms with E-state index in [9.17, 15) is 9.90 Å². The van der Waals surface area contributed by atoms with Gasteiger partial charge < -0.3 is 5.11 Å². The normalized spacial score (nSPS) is 26.8. The van der Waals surface area contributed by atoms with Crippen molar-refractivity contribution >= 4 is 11.6 Å². The van der Waals surface area contributed by atoms with Crippen LogP contribution in [0.4, 0.5) is 0 Å². The van der Waals surface area contributed by atoms with Gasteiger partial charge in [-0.3, -0.25) is 4.79 Å². The monoisotopic (exact) mass is 242 g/mol.